The number of halogens is 1. The number of pyridine rings is 1. The first-order chi connectivity index (χ1) is 16.7. The molecule has 0 unspecified atom stereocenters. The summed E-state index contributed by atoms with van der Waals surface area (Å²) in [5.74, 6) is 0.147. The molecule has 35 heavy (non-hydrogen) atoms. The minimum Gasteiger partial charge on any atom is -0.369 e. The molecule has 0 saturated carbocycles. The third-order valence-electron chi connectivity index (χ3n) is 5.88. The molecule has 0 radical (unpaired) electrons. The van der Waals surface area contributed by atoms with E-state index in [9.17, 15) is 17.6 Å². The van der Waals surface area contributed by atoms with Crippen LogP contribution in [0.5, 0.6) is 0 Å². The molecule has 3 aromatic rings. The fourth-order valence-corrected chi connectivity index (χ4v) is 5.32. The molecule has 4 rings (SSSR count). The summed E-state index contributed by atoms with van der Waals surface area (Å²) < 4.78 is 41.1. The zero-order valence-corrected chi connectivity index (χ0v) is 20.5. The second-order valence-corrected chi connectivity index (χ2v) is 10.4. The van der Waals surface area contributed by atoms with Crippen molar-refractivity contribution in [3.05, 3.63) is 83.8 Å². The van der Waals surface area contributed by atoms with E-state index >= 15 is 0 Å². The SMILES string of the molecule is CN(C)c1ccc(CNC(=O)c2cccc(S(=O)(=O)N3CCN(c4ccc(F)cc4)CC3)c2)cn1. The van der Waals surface area contributed by atoms with Gasteiger partial charge in [-0.1, -0.05) is 12.1 Å². The lowest BCUT2D eigenvalue weighted by Crippen LogP contribution is -2.48. The van der Waals surface area contributed by atoms with E-state index in [1.165, 1.54) is 28.6 Å². The predicted octanol–water partition coefficient (Wildman–Crippen LogP) is 2.73. The third-order valence-corrected chi connectivity index (χ3v) is 7.78. The maximum atomic E-state index is 13.2. The number of nitrogens with zero attached hydrogens (tertiary/aromatic N) is 4. The average molecular weight is 498 g/mol. The zero-order chi connectivity index (χ0) is 25.0. The van der Waals surface area contributed by atoms with Gasteiger partial charge in [-0.3, -0.25) is 4.79 Å². The molecule has 0 aliphatic carbocycles. The van der Waals surface area contributed by atoms with E-state index < -0.39 is 10.0 Å². The lowest BCUT2D eigenvalue weighted by Gasteiger charge is -2.35. The number of benzene rings is 2. The quantitative estimate of drug-likeness (QED) is 0.540. The van der Waals surface area contributed by atoms with Crippen molar-refractivity contribution >= 4 is 27.4 Å². The third kappa shape index (κ3) is 5.77. The van der Waals surface area contributed by atoms with E-state index in [0.29, 0.717) is 26.2 Å². The molecule has 2 aromatic carbocycles. The van der Waals surface area contributed by atoms with Crippen LogP contribution in [0.2, 0.25) is 0 Å². The molecular formula is C25H28FN5O3S. The molecule has 1 aliphatic heterocycles. The van der Waals surface area contributed by atoms with Crippen LogP contribution in [0.4, 0.5) is 15.9 Å². The van der Waals surface area contributed by atoms with Gasteiger partial charge >= 0.3 is 0 Å². The Morgan fingerprint density at radius 3 is 2.37 bits per heavy atom. The van der Waals surface area contributed by atoms with Gasteiger partial charge in [-0.05, 0) is 54.1 Å². The summed E-state index contributed by atoms with van der Waals surface area (Å²) in [6.07, 6.45) is 1.70. The first-order valence-corrected chi connectivity index (χ1v) is 12.7. The second kappa shape index (κ2) is 10.4. The molecule has 0 atom stereocenters. The Hall–Kier alpha value is -3.50. The predicted molar refractivity (Wildman–Crippen MR) is 134 cm³/mol. The number of carbonyl (C=O) groups is 1. The van der Waals surface area contributed by atoms with E-state index in [2.05, 4.69) is 10.3 Å². The maximum Gasteiger partial charge on any atom is 0.251 e. The van der Waals surface area contributed by atoms with Crippen LogP contribution in [0.1, 0.15) is 15.9 Å². The van der Waals surface area contributed by atoms with Gasteiger partial charge in [-0.15, -0.1) is 0 Å². The van der Waals surface area contributed by atoms with E-state index in [1.807, 2.05) is 36.0 Å². The van der Waals surface area contributed by atoms with Gasteiger partial charge in [0.25, 0.3) is 5.91 Å². The van der Waals surface area contributed by atoms with E-state index in [1.54, 1.807) is 30.5 Å². The van der Waals surface area contributed by atoms with Gasteiger partial charge in [-0.2, -0.15) is 4.31 Å². The lowest BCUT2D eigenvalue weighted by molar-refractivity contribution is 0.0950. The van der Waals surface area contributed by atoms with Crippen LogP contribution in [-0.2, 0) is 16.6 Å². The van der Waals surface area contributed by atoms with Crippen LogP contribution >= 0.6 is 0 Å². The number of nitrogens with one attached hydrogen (secondary N) is 1. The molecule has 10 heteroatoms. The molecule has 1 fully saturated rings. The monoisotopic (exact) mass is 497 g/mol. The van der Waals surface area contributed by atoms with Gasteiger partial charge in [0.1, 0.15) is 11.6 Å². The molecule has 2 heterocycles. The number of anilines is 2. The Labute approximate surface area is 205 Å². The Morgan fingerprint density at radius 2 is 1.74 bits per heavy atom. The molecule has 1 N–H and O–H groups in total. The molecule has 0 bridgehead atoms. The summed E-state index contributed by atoms with van der Waals surface area (Å²) in [4.78, 5) is 21.0. The molecule has 184 valence electrons. The first-order valence-electron chi connectivity index (χ1n) is 11.3. The van der Waals surface area contributed by atoms with Crippen molar-refractivity contribution in [2.75, 3.05) is 50.1 Å². The minimum atomic E-state index is -3.76. The van der Waals surface area contributed by atoms with Crippen LogP contribution in [0, 0.1) is 5.82 Å². The van der Waals surface area contributed by atoms with Gasteiger partial charge < -0.3 is 15.1 Å². The van der Waals surface area contributed by atoms with Gasteiger partial charge in [0.15, 0.2) is 0 Å². The average Bonchev–Trinajstić information content (AvgIpc) is 2.88. The molecular weight excluding hydrogens is 469 g/mol. The number of hydrogen-bond donors (Lipinski definition) is 1. The summed E-state index contributed by atoms with van der Waals surface area (Å²) in [5.41, 5.74) is 1.97. The van der Waals surface area contributed by atoms with Crippen molar-refractivity contribution < 1.29 is 17.6 Å². The Bertz CT molecular complexity index is 1270. The topological polar surface area (TPSA) is 85.8 Å². The van der Waals surface area contributed by atoms with Gasteiger partial charge in [-0.25, -0.2) is 17.8 Å². The Morgan fingerprint density at radius 1 is 1.03 bits per heavy atom. The normalized spacial score (nSPS) is 14.5. The van der Waals surface area contributed by atoms with Crippen LogP contribution in [0.25, 0.3) is 0 Å². The van der Waals surface area contributed by atoms with Crippen molar-refractivity contribution in [2.24, 2.45) is 0 Å². The molecule has 1 saturated heterocycles. The number of carbonyl (C=O) groups excluding carboxylic acids is 1. The second-order valence-electron chi connectivity index (χ2n) is 8.50. The number of piperazine rings is 1. The van der Waals surface area contributed by atoms with Gasteiger partial charge in [0.05, 0.1) is 4.90 Å². The smallest absolute Gasteiger partial charge is 0.251 e. The number of hydrogen-bond acceptors (Lipinski definition) is 6. The number of aromatic nitrogens is 1. The van der Waals surface area contributed by atoms with E-state index in [-0.39, 0.29) is 28.7 Å². The van der Waals surface area contributed by atoms with Crippen LogP contribution in [-0.4, -0.2) is 63.9 Å². The highest BCUT2D eigenvalue weighted by Crippen LogP contribution is 2.22. The van der Waals surface area contributed by atoms with E-state index in [4.69, 9.17) is 0 Å². The molecule has 1 aliphatic rings. The van der Waals surface area contributed by atoms with E-state index in [0.717, 1.165) is 17.1 Å². The molecule has 8 nitrogen and oxygen atoms in total. The summed E-state index contributed by atoms with van der Waals surface area (Å²) >= 11 is 0. The van der Waals surface area contributed by atoms with Crippen molar-refractivity contribution in [2.45, 2.75) is 11.4 Å². The van der Waals surface area contributed by atoms with Crippen molar-refractivity contribution in [3.8, 4) is 0 Å². The van der Waals surface area contributed by atoms with Crippen LogP contribution in [0.3, 0.4) is 0 Å². The summed E-state index contributed by atoms with van der Waals surface area (Å²) in [6, 6.07) is 16.0. The maximum absolute atomic E-state index is 13.2. The van der Waals surface area contributed by atoms with Gasteiger partial charge in [0, 0.05) is 64.3 Å². The zero-order valence-electron chi connectivity index (χ0n) is 19.7. The minimum absolute atomic E-state index is 0.0809. The van der Waals surface area contributed by atoms with Gasteiger partial charge in [0.2, 0.25) is 10.0 Å². The van der Waals surface area contributed by atoms with Crippen molar-refractivity contribution in [1.29, 1.82) is 0 Å². The standard InChI is InChI=1S/C25H28FN5O3S/c1-29(2)24-11-6-19(17-27-24)18-28-25(32)20-4-3-5-23(16-20)35(33,34)31-14-12-30(13-15-31)22-9-7-21(26)8-10-22/h3-11,16-17H,12-15,18H2,1-2H3,(H,28,32). The highest BCUT2D eigenvalue weighted by Gasteiger charge is 2.29. The highest BCUT2D eigenvalue weighted by atomic mass is 32.2. The van der Waals surface area contributed by atoms with Crippen molar-refractivity contribution in [1.82, 2.24) is 14.6 Å². The fourth-order valence-electron chi connectivity index (χ4n) is 3.86. The largest absolute Gasteiger partial charge is 0.369 e. The van der Waals surface area contributed by atoms with Crippen molar-refractivity contribution in [3.63, 3.8) is 0 Å². The van der Waals surface area contributed by atoms with Crippen LogP contribution < -0.4 is 15.1 Å². The highest BCUT2D eigenvalue weighted by molar-refractivity contribution is 7.89. The Kier molecular flexibility index (Phi) is 7.32. The fraction of sp³-hybridized carbons (Fsp3) is 0.280. The first kappa shape index (κ1) is 24.6. The van der Waals surface area contributed by atoms with Crippen LogP contribution in [0.15, 0.2) is 71.8 Å². The summed E-state index contributed by atoms with van der Waals surface area (Å²) in [5, 5.41) is 2.82. The number of rotatable bonds is 7. The molecule has 0 spiro atoms. The number of sulfonamides is 1. The summed E-state index contributed by atoms with van der Waals surface area (Å²) in [7, 11) is 0.0397. The molecule has 1 amide bonds. The Balaban J connectivity index is 1.39. The number of amides is 1. The molecule has 1 aromatic heterocycles. The summed E-state index contributed by atoms with van der Waals surface area (Å²) in [6.45, 7) is 1.86. The lowest BCUT2D eigenvalue weighted by atomic mass is 10.2.